The van der Waals surface area contributed by atoms with Crippen molar-refractivity contribution in [3.8, 4) is 5.75 Å². The van der Waals surface area contributed by atoms with E-state index in [0.717, 1.165) is 16.5 Å². The van der Waals surface area contributed by atoms with Crippen molar-refractivity contribution in [2.24, 2.45) is 0 Å². The average molecular weight is 388 g/mol. The van der Waals surface area contributed by atoms with Crippen LogP contribution in [0.3, 0.4) is 0 Å². The lowest BCUT2D eigenvalue weighted by atomic mass is 9.99. The fourth-order valence-corrected chi connectivity index (χ4v) is 3.31. The third kappa shape index (κ3) is 3.68. The highest BCUT2D eigenvalue weighted by Gasteiger charge is 2.54. The molecule has 1 fully saturated rings. The molecule has 1 saturated heterocycles. The summed E-state index contributed by atoms with van der Waals surface area (Å²) < 4.78 is 22.1. The SMILES string of the molecule is CCC1(c2ccc3cc(OC)ccc3c2)OC(C(=O)O)C(C(=O)OC(C)C)O1. The van der Waals surface area contributed by atoms with Crippen molar-refractivity contribution in [1.82, 2.24) is 0 Å². The maximum Gasteiger partial charge on any atom is 0.339 e. The number of fused-ring (bicyclic) bond motifs is 1. The number of hydrogen-bond acceptors (Lipinski definition) is 6. The molecule has 0 aromatic heterocycles. The van der Waals surface area contributed by atoms with Gasteiger partial charge in [0, 0.05) is 12.0 Å². The van der Waals surface area contributed by atoms with Crippen molar-refractivity contribution in [2.45, 2.75) is 51.3 Å². The molecule has 0 amide bonds. The second-order valence-corrected chi connectivity index (χ2v) is 6.94. The standard InChI is InChI=1S/C21H24O7/c1-5-21(15-8-6-14-11-16(25-4)9-7-13(14)10-15)27-17(19(22)23)18(28-21)20(24)26-12(2)3/h6-12,17-18H,5H2,1-4H3,(H,22,23). The summed E-state index contributed by atoms with van der Waals surface area (Å²) in [6.07, 6.45) is -2.86. The van der Waals surface area contributed by atoms with Crippen LogP contribution in [0.25, 0.3) is 10.8 Å². The quantitative estimate of drug-likeness (QED) is 0.760. The summed E-state index contributed by atoms with van der Waals surface area (Å²) in [4.78, 5) is 24.1. The molecule has 0 saturated carbocycles. The number of aliphatic carboxylic acids is 1. The van der Waals surface area contributed by atoms with E-state index in [4.69, 9.17) is 18.9 Å². The lowest BCUT2D eigenvalue weighted by Gasteiger charge is -2.27. The van der Waals surface area contributed by atoms with E-state index in [1.165, 1.54) is 0 Å². The molecule has 7 nitrogen and oxygen atoms in total. The first-order valence-corrected chi connectivity index (χ1v) is 9.17. The molecule has 1 heterocycles. The third-order valence-corrected chi connectivity index (χ3v) is 4.69. The van der Waals surface area contributed by atoms with Gasteiger partial charge in [0.25, 0.3) is 0 Å². The Morgan fingerprint density at radius 1 is 1.11 bits per heavy atom. The molecule has 0 bridgehead atoms. The van der Waals surface area contributed by atoms with Gasteiger partial charge in [0.2, 0.25) is 0 Å². The van der Waals surface area contributed by atoms with E-state index < -0.39 is 36.0 Å². The molecule has 1 N–H and O–H groups in total. The number of benzene rings is 2. The summed E-state index contributed by atoms with van der Waals surface area (Å²) in [5.74, 6) is -2.63. The molecule has 1 aliphatic heterocycles. The van der Waals surface area contributed by atoms with Gasteiger partial charge in [-0.15, -0.1) is 0 Å². The molecule has 150 valence electrons. The highest BCUT2D eigenvalue weighted by atomic mass is 16.8. The first-order chi connectivity index (χ1) is 13.3. The zero-order valence-electron chi connectivity index (χ0n) is 16.3. The number of carbonyl (C=O) groups excluding carboxylic acids is 1. The van der Waals surface area contributed by atoms with Crippen LogP contribution in [-0.4, -0.2) is 42.5 Å². The van der Waals surface area contributed by atoms with Crippen molar-refractivity contribution < 1.29 is 33.6 Å². The summed E-state index contributed by atoms with van der Waals surface area (Å²) >= 11 is 0. The number of carboxylic acids is 1. The highest BCUT2D eigenvalue weighted by molar-refractivity contribution is 5.86. The Morgan fingerprint density at radius 3 is 2.36 bits per heavy atom. The predicted octanol–water partition coefficient (Wildman–Crippen LogP) is 3.23. The normalized spacial score (nSPS) is 24.5. The van der Waals surface area contributed by atoms with Crippen molar-refractivity contribution in [1.29, 1.82) is 0 Å². The van der Waals surface area contributed by atoms with Gasteiger partial charge in [0.1, 0.15) is 5.75 Å². The molecular weight excluding hydrogens is 364 g/mol. The van der Waals surface area contributed by atoms with Gasteiger partial charge in [0.15, 0.2) is 18.0 Å². The number of hydrogen-bond donors (Lipinski definition) is 1. The van der Waals surface area contributed by atoms with Gasteiger partial charge in [-0.05, 0) is 42.8 Å². The summed E-state index contributed by atoms with van der Waals surface area (Å²) in [5.41, 5.74) is 0.638. The number of esters is 1. The molecule has 28 heavy (non-hydrogen) atoms. The van der Waals surface area contributed by atoms with Crippen molar-refractivity contribution in [3.63, 3.8) is 0 Å². The van der Waals surface area contributed by atoms with Crippen LogP contribution in [0.4, 0.5) is 0 Å². The second-order valence-electron chi connectivity index (χ2n) is 6.94. The highest BCUT2D eigenvalue weighted by Crippen LogP contribution is 2.42. The molecule has 1 aliphatic rings. The van der Waals surface area contributed by atoms with Gasteiger partial charge < -0.3 is 24.1 Å². The van der Waals surface area contributed by atoms with Gasteiger partial charge in [-0.3, -0.25) is 0 Å². The Morgan fingerprint density at radius 2 is 1.75 bits per heavy atom. The zero-order valence-corrected chi connectivity index (χ0v) is 16.3. The van der Waals surface area contributed by atoms with E-state index in [1.807, 2.05) is 37.3 Å². The maximum absolute atomic E-state index is 12.4. The van der Waals surface area contributed by atoms with Crippen LogP contribution in [-0.2, 0) is 29.6 Å². The first kappa shape index (κ1) is 20.1. The van der Waals surface area contributed by atoms with Gasteiger partial charge in [-0.2, -0.15) is 0 Å². The molecule has 7 heteroatoms. The number of carboxylic acid groups (broad SMARTS) is 1. The van der Waals surface area contributed by atoms with E-state index in [1.54, 1.807) is 27.0 Å². The fraction of sp³-hybridized carbons (Fsp3) is 0.429. The molecule has 3 unspecified atom stereocenters. The molecule has 2 aromatic rings. The Balaban J connectivity index is 1.99. The minimum atomic E-state index is -1.45. The topological polar surface area (TPSA) is 91.3 Å². The Kier molecular flexibility index (Phi) is 5.58. The summed E-state index contributed by atoms with van der Waals surface area (Å²) in [6, 6.07) is 11.2. The van der Waals surface area contributed by atoms with Crippen LogP contribution in [0.15, 0.2) is 36.4 Å². The van der Waals surface area contributed by atoms with Crippen LogP contribution in [0, 0.1) is 0 Å². The minimum Gasteiger partial charge on any atom is -0.497 e. The molecule has 0 radical (unpaired) electrons. The summed E-state index contributed by atoms with van der Waals surface area (Å²) in [6.45, 7) is 5.19. The lowest BCUT2D eigenvalue weighted by Crippen LogP contribution is -2.39. The molecule has 0 spiro atoms. The number of carbonyl (C=O) groups is 2. The average Bonchev–Trinajstić information content (AvgIpc) is 3.08. The summed E-state index contributed by atoms with van der Waals surface area (Å²) in [5, 5.41) is 11.4. The van der Waals surface area contributed by atoms with E-state index in [2.05, 4.69) is 0 Å². The van der Waals surface area contributed by atoms with Crippen LogP contribution in [0.2, 0.25) is 0 Å². The zero-order chi connectivity index (χ0) is 20.5. The van der Waals surface area contributed by atoms with Gasteiger partial charge in [-0.1, -0.05) is 25.1 Å². The van der Waals surface area contributed by atoms with E-state index in [-0.39, 0.29) is 0 Å². The minimum absolute atomic E-state index is 0.323. The van der Waals surface area contributed by atoms with Crippen molar-refractivity contribution in [2.75, 3.05) is 7.11 Å². The van der Waals surface area contributed by atoms with Gasteiger partial charge in [-0.25, -0.2) is 9.59 Å². The van der Waals surface area contributed by atoms with Crippen LogP contribution in [0.1, 0.15) is 32.8 Å². The van der Waals surface area contributed by atoms with Crippen LogP contribution < -0.4 is 4.74 Å². The van der Waals surface area contributed by atoms with Crippen LogP contribution >= 0.6 is 0 Å². The fourth-order valence-electron chi connectivity index (χ4n) is 3.31. The molecule has 3 atom stereocenters. The van der Waals surface area contributed by atoms with E-state index in [9.17, 15) is 14.7 Å². The Bertz CT molecular complexity index is 891. The van der Waals surface area contributed by atoms with E-state index >= 15 is 0 Å². The lowest BCUT2D eigenvalue weighted by molar-refractivity contribution is -0.197. The Hall–Kier alpha value is -2.64. The number of methoxy groups -OCH3 is 1. The molecule has 3 rings (SSSR count). The molecule has 0 aliphatic carbocycles. The van der Waals surface area contributed by atoms with Crippen molar-refractivity contribution in [3.05, 3.63) is 42.0 Å². The number of rotatable bonds is 6. The largest absolute Gasteiger partial charge is 0.497 e. The monoisotopic (exact) mass is 388 g/mol. The van der Waals surface area contributed by atoms with Crippen molar-refractivity contribution >= 4 is 22.7 Å². The second kappa shape index (κ2) is 7.77. The van der Waals surface area contributed by atoms with Crippen LogP contribution in [0.5, 0.6) is 5.75 Å². The molecule has 2 aromatic carbocycles. The Labute approximate surface area is 163 Å². The number of ether oxygens (including phenoxy) is 4. The third-order valence-electron chi connectivity index (χ3n) is 4.69. The van der Waals surface area contributed by atoms with Gasteiger partial charge >= 0.3 is 11.9 Å². The van der Waals surface area contributed by atoms with E-state index in [0.29, 0.717) is 12.0 Å². The first-order valence-electron chi connectivity index (χ1n) is 9.17. The predicted molar refractivity (Wildman–Crippen MR) is 101 cm³/mol. The maximum atomic E-state index is 12.4. The molecular formula is C21H24O7. The summed E-state index contributed by atoms with van der Waals surface area (Å²) in [7, 11) is 1.60. The smallest absolute Gasteiger partial charge is 0.339 e. The van der Waals surface area contributed by atoms with Gasteiger partial charge in [0.05, 0.1) is 13.2 Å².